The van der Waals surface area contributed by atoms with Crippen molar-refractivity contribution in [3.63, 3.8) is 0 Å². The predicted molar refractivity (Wildman–Crippen MR) is 143 cm³/mol. The zero-order chi connectivity index (χ0) is 26.3. The molecule has 0 aliphatic carbocycles. The predicted octanol–water partition coefficient (Wildman–Crippen LogP) is 4.21. The fraction of sp³-hybridized carbons (Fsp3) is 0.286. The first-order valence-electron chi connectivity index (χ1n) is 12.2. The van der Waals surface area contributed by atoms with Crippen molar-refractivity contribution in [1.82, 2.24) is 15.0 Å². The maximum absolute atomic E-state index is 10.0. The molecule has 1 fully saturated rings. The SMILES string of the molecule is COCc1ccc(COc2ccc(Nc3ccc4ncc(N5CCOCC5)nc4c3C#N)cc2OC)cn1. The van der Waals surface area contributed by atoms with E-state index in [0.29, 0.717) is 60.2 Å². The summed E-state index contributed by atoms with van der Waals surface area (Å²) < 4.78 is 22.1. The number of hydrogen-bond acceptors (Lipinski definition) is 10. The average molecular weight is 513 g/mol. The summed E-state index contributed by atoms with van der Waals surface area (Å²) >= 11 is 0. The highest BCUT2D eigenvalue weighted by Crippen LogP contribution is 2.34. The molecular weight excluding hydrogens is 484 g/mol. The van der Waals surface area contributed by atoms with Crippen LogP contribution in [0.4, 0.5) is 17.2 Å². The highest BCUT2D eigenvalue weighted by Gasteiger charge is 2.17. The summed E-state index contributed by atoms with van der Waals surface area (Å²) in [7, 11) is 3.23. The normalized spacial score (nSPS) is 13.2. The van der Waals surface area contributed by atoms with Crippen molar-refractivity contribution in [2.75, 3.05) is 50.7 Å². The molecule has 0 spiro atoms. The van der Waals surface area contributed by atoms with Crippen LogP contribution in [0.15, 0.2) is 54.9 Å². The van der Waals surface area contributed by atoms with E-state index in [9.17, 15) is 5.26 Å². The van der Waals surface area contributed by atoms with Gasteiger partial charge in [-0.1, -0.05) is 6.07 Å². The lowest BCUT2D eigenvalue weighted by Crippen LogP contribution is -2.36. The molecule has 0 amide bonds. The number of pyridine rings is 1. The van der Waals surface area contributed by atoms with E-state index in [0.717, 1.165) is 35.9 Å². The molecule has 4 aromatic rings. The quantitative estimate of drug-likeness (QED) is 0.350. The van der Waals surface area contributed by atoms with E-state index in [1.807, 2.05) is 42.5 Å². The summed E-state index contributed by atoms with van der Waals surface area (Å²) in [5.74, 6) is 1.90. The fourth-order valence-electron chi connectivity index (χ4n) is 4.19. The first kappa shape index (κ1) is 25.2. The minimum absolute atomic E-state index is 0.344. The van der Waals surface area contributed by atoms with Crippen molar-refractivity contribution in [3.05, 3.63) is 71.7 Å². The molecule has 10 heteroatoms. The summed E-state index contributed by atoms with van der Waals surface area (Å²) in [5.41, 5.74) is 4.81. The molecule has 194 valence electrons. The van der Waals surface area contributed by atoms with Crippen LogP contribution in [0.25, 0.3) is 11.0 Å². The first-order valence-corrected chi connectivity index (χ1v) is 12.2. The van der Waals surface area contributed by atoms with Crippen LogP contribution in [-0.4, -0.2) is 55.5 Å². The Morgan fingerprint density at radius 3 is 2.61 bits per heavy atom. The molecule has 0 bridgehead atoms. The van der Waals surface area contributed by atoms with E-state index in [1.54, 1.807) is 26.6 Å². The number of benzene rings is 2. The van der Waals surface area contributed by atoms with Crippen LogP contribution < -0.4 is 19.7 Å². The fourth-order valence-corrected chi connectivity index (χ4v) is 4.19. The van der Waals surface area contributed by atoms with Crippen molar-refractivity contribution in [1.29, 1.82) is 5.26 Å². The highest BCUT2D eigenvalue weighted by molar-refractivity contribution is 5.89. The average Bonchev–Trinajstić information content (AvgIpc) is 2.97. The Labute approximate surface area is 220 Å². The molecular formula is C28H28N6O4. The molecule has 1 N–H and O–H groups in total. The molecule has 3 heterocycles. The maximum atomic E-state index is 10.0. The van der Waals surface area contributed by atoms with Gasteiger partial charge in [-0.05, 0) is 30.3 Å². The second-order valence-electron chi connectivity index (χ2n) is 8.67. The van der Waals surface area contributed by atoms with Crippen LogP contribution in [0, 0.1) is 11.3 Å². The van der Waals surface area contributed by atoms with Gasteiger partial charge in [-0.15, -0.1) is 0 Å². The largest absolute Gasteiger partial charge is 0.493 e. The second-order valence-corrected chi connectivity index (χ2v) is 8.67. The van der Waals surface area contributed by atoms with Crippen LogP contribution in [0.2, 0.25) is 0 Å². The van der Waals surface area contributed by atoms with Gasteiger partial charge in [0.05, 0.1) is 50.0 Å². The highest BCUT2D eigenvalue weighted by atomic mass is 16.5. The number of nitrogens with one attached hydrogen (secondary N) is 1. The van der Waals surface area contributed by atoms with Gasteiger partial charge >= 0.3 is 0 Å². The molecule has 5 rings (SSSR count). The van der Waals surface area contributed by atoms with Gasteiger partial charge in [-0.2, -0.15) is 5.26 Å². The smallest absolute Gasteiger partial charge is 0.162 e. The van der Waals surface area contributed by atoms with Gasteiger partial charge in [0.2, 0.25) is 0 Å². The van der Waals surface area contributed by atoms with Crippen LogP contribution in [0.3, 0.4) is 0 Å². The minimum atomic E-state index is 0.344. The van der Waals surface area contributed by atoms with Crippen LogP contribution in [0.5, 0.6) is 11.5 Å². The van der Waals surface area contributed by atoms with E-state index in [-0.39, 0.29) is 0 Å². The summed E-state index contributed by atoms with van der Waals surface area (Å²) in [4.78, 5) is 15.8. The lowest BCUT2D eigenvalue weighted by Gasteiger charge is -2.27. The Bertz CT molecular complexity index is 1450. The molecule has 0 saturated carbocycles. The van der Waals surface area contributed by atoms with Gasteiger partial charge in [0.25, 0.3) is 0 Å². The zero-order valence-electron chi connectivity index (χ0n) is 21.3. The van der Waals surface area contributed by atoms with Crippen LogP contribution in [0.1, 0.15) is 16.8 Å². The number of nitrogens with zero attached hydrogens (tertiary/aromatic N) is 5. The Kier molecular flexibility index (Phi) is 7.78. The van der Waals surface area contributed by atoms with Crippen molar-refractivity contribution in [3.8, 4) is 17.6 Å². The molecule has 1 aliphatic rings. The Balaban J connectivity index is 1.35. The Morgan fingerprint density at radius 1 is 1.00 bits per heavy atom. The number of rotatable bonds is 9. The number of hydrogen-bond donors (Lipinski definition) is 1. The van der Waals surface area contributed by atoms with Gasteiger partial charge < -0.3 is 29.2 Å². The summed E-state index contributed by atoms with van der Waals surface area (Å²) in [6.45, 7) is 3.58. The molecule has 1 aliphatic heterocycles. The summed E-state index contributed by atoms with van der Waals surface area (Å²) in [6.07, 6.45) is 3.52. The van der Waals surface area contributed by atoms with Gasteiger partial charge in [-0.25, -0.2) is 4.98 Å². The van der Waals surface area contributed by atoms with E-state index in [4.69, 9.17) is 23.9 Å². The van der Waals surface area contributed by atoms with Crippen molar-refractivity contribution in [2.45, 2.75) is 13.2 Å². The Hall–Kier alpha value is -4.46. The number of morpholine rings is 1. The molecule has 0 atom stereocenters. The maximum Gasteiger partial charge on any atom is 0.162 e. The third-order valence-electron chi connectivity index (χ3n) is 6.16. The third-order valence-corrected chi connectivity index (χ3v) is 6.16. The molecule has 1 saturated heterocycles. The van der Waals surface area contributed by atoms with Crippen molar-refractivity contribution in [2.24, 2.45) is 0 Å². The molecule has 38 heavy (non-hydrogen) atoms. The number of methoxy groups -OCH3 is 2. The van der Waals surface area contributed by atoms with Crippen LogP contribution >= 0.6 is 0 Å². The molecule has 2 aromatic heterocycles. The monoisotopic (exact) mass is 512 g/mol. The molecule has 10 nitrogen and oxygen atoms in total. The summed E-state index contributed by atoms with van der Waals surface area (Å²) in [6, 6.07) is 15.4. The Morgan fingerprint density at radius 2 is 1.87 bits per heavy atom. The topological polar surface area (TPSA) is 115 Å². The van der Waals surface area contributed by atoms with E-state index in [1.165, 1.54) is 0 Å². The van der Waals surface area contributed by atoms with E-state index >= 15 is 0 Å². The molecule has 0 unspecified atom stereocenters. The van der Waals surface area contributed by atoms with Gasteiger partial charge in [0.1, 0.15) is 29.6 Å². The van der Waals surface area contributed by atoms with Crippen LogP contribution in [-0.2, 0) is 22.7 Å². The molecule has 2 aromatic carbocycles. The minimum Gasteiger partial charge on any atom is -0.493 e. The van der Waals surface area contributed by atoms with Crippen molar-refractivity contribution < 1.29 is 18.9 Å². The number of aromatic nitrogens is 3. The van der Waals surface area contributed by atoms with Gasteiger partial charge in [0, 0.05) is 43.7 Å². The lowest BCUT2D eigenvalue weighted by atomic mass is 10.1. The number of ether oxygens (including phenoxy) is 4. The lowest BCUT2D eigenvalue weighted by molar-refractivity contribution is 0.122. The number of fused-ring (bicyclic) bond motifs is 1. The molecule has 0 radical (unpaired) electrons. The third kappa shape index (κ3) is 5.59. The summed E-state index contributed by atoms with van der Waals surface area (Å²) in [5, 5.41) is 13.3. The van der Waals surface area contributed by atoms with E-state index < -0.39 is 0 Å². The van der Waals surface area contributed by atoms with Crippen molar-refractivity contribution >= 4 is 28.2 Å². The van der Waals surface area contributed by atoms with Gasteiger partial charge in [0.15, 0.2) is 11.5 Å². The standard InChI is InChI=1S/C28H28N6O4/c1-35-18-21-4-3-19(15-30-21)17-38-25-8-5-20(13-26(25)36-2)32-23-6-7-24-28(22(23)14-29)33-27(16-31-24)34-9-11-37-12-10-34/h3-8,13,15-16,32H,9-12,17-18H2,1-2H3. The second kappa shape index (κ2) is 11.7. The number of anilines is 3. The van der Waals surface area contributed by atoms with Gasteiger partial charge in [-0.3, -0.25) is 9.97 Å². The number of nitriles is 1. The first-order chi connectivity index (χ1) is 18.7. The zero-order valence-corrected chi connectivity index (χ0v) is 21.3. The van der Waals surface area contributed by atoms with E-state index in [2.05, 4.69) is 26.3 Å².